The van der Waals surface area contributed by atoms with Crippen molar-refractivity contribution in [1.29, 1.82) is 0 Å². The Bertz CT molecular complexity index is 842. The van der Waals surface area contributed by atoms with Crippen molar-refractivity contribution in [2.75, 3.05) is 13.2 Å². The quantitative estimate of drug-likeness (QED) is 0.294. The number of fused-ring (bicyclic) bond motifs is 2. The minimum atomic E-state index is -0.332. The molecule has 3 nitrogen and oxygen atoms in total. The molecule has 0 fully saturated rings. The summed E-state index contributed by atoms with van der Waals surface area (Å²) in [6.07, 6.45) is 5.73. The molecule has 3 rings (SSSR count). The zero-order valence-electron chi connectivity index (χ0n) is 14.2. The molecule has 0 bridgehead atoms. The number of esters is 1. The van der Waals surface area contributed by atoms with E-state index in [2.05, 4.69) is 30.3 Å². The Labute approximate surface area is 147 Å². The number of benzene rings is 3. The Balaban J connectivity index is 1.83. The van der Waals surface area contributed by atoms with E-state index in [1.54, 1.807) is 0 Å². The van der Waals surface area contributed by atoms with Gasteiger partial charge in [-0.1, -0.05) is 48.5 Å². The largest absolute Gasteiger partial charge is 0.463 e. The average molecular weight is 334 g/mol. The van der Waals surface area contributed by atoms with Gasteiger partial charge in [0.15, 0.2) is 0 Å². The van der Waals surface area contributed by atoms with Crippen LogP contribution in [0.25, 0.3) is 27.6 Å². The highest BCUT2D eigenvalue weighted by Gasteiger charge is 2.05. The molecule has 0 radical (unpaired) electrons. The molecule has 25 heavy (non-hydrogen) atoms. The van der Waals surface area contributed by atoms with E-state index >= 15 is 0 Å². The van der Waals surface area contributed by atoms with Crippen molar-refractivity contribution in [2.45, 2.75) is 19.3 Å². The van der Waals surface area contributed by atoms with Crippen molar-refractivity contribution < 1.29 is 14.6 Å². The Hall–Kier alpha value is -2.65. The van der Waals surface area contributed by atoms with Crippen LogP contribution in [0.2, 0.25) is 0 Å². The lowest BCUT2D eigenvalue weighted by Gasteiger charge is -2.08. The van der Waals surface area contributed by atoms with E-state index in [9.17, 15) is 4.79 Å². The summed E-state index contributed by atoms with van der Waals surface area (Å²) in [5, 5.41) is 13.3. The number of hydrogen-bond acceptors (Lipinski definition) is 3. The lowest BCUT2D eigenvalue weighted by Crippen LogP contribution is -2.02. The number of carbonyl (C=O) groups is 1. The number of carbonyl (C=O) groups excluding carboxylic acids is 1. The SMILES string of the molecule is O=C(/C=C\c1c2ccccc2cc2ccccc12)OCCCCCO. The first kappa shape index (κ1) is 17.2. The predicted molar refractivity (Wildman–Crippen MR) is 102 cm³/mol. The summed E-state index contributed by atoms with van der Waals surface area (Å²) in [5.74, 6) is -0.332. The Morgan fingerprint density at radius 1 is 0.920 bits per heavy atom. The highest BCUT2D eigenvalue weighted by Crippen LogP contribution is 2.29. The minimum absolute atomic E-state index is 0.183. The van der Waals surface area contributed by atoms with Crippen LogP contribution in [0.3, 0.4) is 0 Å². The maximum Gasteiger partial charge on any atom is 0.330 e. The normalized spacial score (nSPS) is 11.4. The van der Waals surface area contributed by atoms with Gasteiger partial charge in [0.1, 0.15) is 0 Å². The summed E-state index contributed by atoms with van der Waals surface area (Å²) < 4.78 is 5.23. The molecule has 0 amide bonds. The summed E-state index contributed by atoms with van der Waals surface area (Å²) in [6.45, 7) is 0.571. The van der Waals surface area contributed by atoms with Crippen LogP contribution in [0.5, 0.6) is 0 Å². The monoisotopic (exact) mass is 334 g/mol. The predicted octanol–water partition coefficient (Wildman–Crippen LogP) is 4.71. The Morgan fingerprint density at radius 3 is 2.20 bits per heavy atom. The molecule has 0 unspecified atom stereocenters. The number of ether oxygens (including phenoxy) is 1. The molecule has 0 spiro atoms. The first-order valence-electron chi connectivity index (χ1n) is 8.66. The summed E-state index contributed by atoms with van der Waals surface area (Å²) >= 11 is 0. The molecule has 0 saturated carbocycles. The second kappa shape index (κ2) is 8.45. The van der Waals surface area contributed by atoms with Crippen molar-refractivity contribution in [3.8, 4) is 0 Å². The molecule has 0 saturated heterocycles. The van der Waals surface area contributed by atoms with E-state index in [1.807, 2.05) is 30.3 Å². The smallest absolute Gasteiger partial charge is 0.330 e. The summed E-state index contributed by atoms with van der Waals surface area (Å²) in [4.78, 5) is 12.0. The maximum atomic E-state index is 12.0. The Morgan fingerprint density at radius 2 is 1.56 bits per heavy atom. The number of rotatable bonds is 7. The molecule has 3 heteroatoms. The van der Waals surface area contributed by atoms with Crippen LogP contribution in [0.15, 0.2) is 60.7 Å². The van der Waals surface area contributed by atoms with Crippen LogP contribution in [-0.4, -0.2) is 24.3 Å². The molecule has 3 aromatic carbocycles. The fourth-order valence-corrected chi connectivity index (χ4v) is 2.99. The van der Waals surface area contributed by atoms with E-state index < -0.39 is 0 Å². The van der Waals surface area contributed by atoms with E-state index in [0.29, 0.717) is 6.61 Å². The second-order valence-corrected chi connectivity index (χ2v) is 6.02. The summed E-state index contributed by atoms with van der Waals surface area (Å²) in [7, 11) is 0. The van der Waals surface area contributed by atoms with Crippen LogP contribution in [-0.2, 0) is 9.53 Å². The average Bonchev–Trinajstić information content (AvgIpc) is 2.65. The van der Waals surface area contributed by atoms with Crippen LogP contribution in [0, 0.1) is 0 Å². The Kier molecular flexibility index (Phi) is 5.81. The van der Waals surface area contributed by atoms with Gasteiger partial charge in [-0.15, -0.1) is 0 Å². The number of hydrogen-bond donors (Lipinski definition) is 1. The lowest BCUT2D eigenvalue weighted by molar-refractivity contribution is -0.137. The number of aliphatic hydroxyl groups excluding tert-OH is 1. The van der Waals surface area contributed by atoms with Gasteiger partial charge in [-0.05, 0) is 58.5 Å². The van der Waals surface area contributed by atoms with Crippen molar-refractivity contribution >= 4 is 33.6 Å². The third-order valence-corrected chi connectivity index (χ3v) is 4.25. The van der Waals surface area contributed by atoms with Crippen molar-refractivity contribution in [3.05, 3.63) is 66.2 Å². The molecule has 0 aliphatic rings. The molecule has 1 N–H and O–H groups in total. The van der Waals surface area contributed by atoms with E-state index in [0.717, 1.165) is 46.4 Å². The molecule has 0 aliphatic heterocycles. The van der Waals surface area contributed by atoms with Gasteiger partial charge in [-0.3, -0.25) is 0 Å². The van der Waals surface area contributed by atoms with Gasteiger partial charge in [0.25, 0.3) is 0 Å². The third-order valence-electron chi connectivity index (χ3n) is 4.25. The van der Waals surface area contributed by atoms with Gasteiger partial charge in [0.2, 0.25) is 0 Å². The van der Waals surface area contributed by atoms with Gasteiger partial charge in [0.05, 0.1) is 6.61 Å². The van der Waals surface area contributed by atoms with Gasteiger partial charge in [-0.25, -0.2) is 4.79 Å². The van der Waals surface area contributed by atoms with Crippen molar-refractivity contribution in [2.24, 2.45) is 0 Å². The summed E-state index contributed by atoms with van der Waals surface area (Å²) in [5.41, 5.74) is 1.03. The fraction of sp³-hybridized carbons (Fsp3) is 0.227. The van der Waals surface area contributed by atoms with Crippen LogP contribution in [0.1, 0.15) is 24.8 Å². The molecular weight excluding hydrogens is 312 g/mol. The topological polar surface area (TPSA) is 46.5 Å². The molecule has 0 atom stereocenters. The number of unbranched alkanes of at least 4 members (excludes halogenated alkanes) is 2. The highest BCUT2D eigenvalue weighted by molar-refractivity contribution is 6.07. The van der Waals surface area contributed by atoms with Gasteiger partial charge >= 0.3 is 5.97 Å². The summed E-state index contributed by atoms with van der Waals surface area (Å²) in [6, 6.07) is 18.5. The fourth-order valence-electron chi connectivity index (χ4n) is 2.99. The first-order chi connectivity index (χ1) is 12.3. The van der Waals surface area contributed by atoms with Crippen LogP contribution >= 0.6 is 0 Å². The van der Waals surface area contributed by atoms with Crippen LogP contribution in [0.4, 0.5) is 0 Å². The molecule has 0 heterocycles. The second-order valence-electron chi connectivity index (χ2n) is 6.02. The minimum Gasteiger partial charge on any atom is -0.463 e. The van der Waals surface area contributed by atoms with E-state index in [-0.39, 0.29) is 12.6 Å². The van der Waals surface area contributed by atoms with E-state index in [1.165, 1.54) is 6.08 Å². The maximum absolute atomic E-state index is 12.0. The first-order valence-corrected chi connectivity index (χ1v) is 8.66. The lowest BCUT2D eigenvalue weighted by atomic mass is 9.96. The van der Waals surface area contributed by atoms with Crippen molar-refractivity contribution in [1.82, 2.24) is 0 Å². The zero-order valence-corrected chi connectivity index (χ0v) is 14.2. The number of aliphatic hydroxyl groups is 1. The van der Waals surface area contributed by atoms with Crippen LogP contribution < -0.4 is 0 Å². The third kappa shape index (κ3) is 4.25. The molecular formula is C22H22O3. The van der Waals surface area contributed by atoms with E-state index in [4.69, 9.17) is 9.84 Å². The standard InChI is InChI=1S/C22H22O3/c23-14-6-1-7-15-25-22(24)13-12-21-19-10-4-2-8-17(19)16-18-9-3-5-11-20(18)21/h2-5,8-13,16,23H,1,6-7,14-15H2/b13-12-. The van der Waals surface area contributed by atoms with Crippen molar-refractivity contribution in [3.63, 3.8) is 0 Å². The molecule has 0 aromatic heterocycles. The van der Waals surface area contributed by atoms with Gasteiger partial charge < -0.3 is 9.84 Å². The molecule has 0 aliphatic carbocycles. The van der Waals surface area contributed by atoms with Gasteiger partial charge in [-0.2, -0.15) is 0 Å². The molecule has 3 aromatic rings. The highest BCUT2D eigenvalue weighted by atomic mass is 16.5. The zero-order chi connectivity index (χ0) is 17.5. The van der Waals surface area contributed by atoms with Gasteiger partial charge in [0, 0.05) is 12.7 Å². The molecule has 128 valence electrons.